The van der Waals surface area contributed by atoms with Crippen LogP contribution in [0.15, 0.2) is 12.1 Å². The molecule has 0 radical (unpaired) electrons. The van der Waals surface area contributed by atoms with Crippen molar-refractivity contribution in [2.24, 2.45) is 0 Å². The zero-order valence-electron chi connectivity index (χ0n) is 10.6. The van der Waals surface area contributed by atoms with Gasteiger partial charge in [0.1, 0.15) is 11.0 Å². The van der Waals surface area contributed by atoms with Crippen molar-refractivity contribution >= 4 is 34.9 Å². The predicted molar refractivity (Wildman–Crippen MR) is 79.1 cm³/mol. The highest BCUT2D eigenvalue weighted by molar-refractivity contribution is 7.99. The van der Waals surface area contributed by atoms with Crippen molar-refractivity contribution in [1.82, 2.24) is 4.98 Å². The second kappa shape index (κ2) is 6.43. The smallest absolute Gasteiger partial charge is 0.276 e. The van der Waals surface area contributed by atoms with Crippen LogP contribution in [0.3, 0.4) is 0 Å². The molecule has 7 heteroatoms. The molecule has 1 aliphatic carbocycles. The van der Waals surface area contributed by atoms with Gasteiger partial charge in [0.2, 0.25) is 0 Å². The van der Waals surface area contributed by atoms with E-state index in [0.29, 0.717) is 17.1 Å². The van der Waals surface area contributed by atoms with E-state index in [1.807, 2.05) is 11.8 Å². The average Bonchev–Trinajstić information content (AvgIpc) is 2.76. The van der Waals surface area contributed by atoms with E-state index in [2.05, 4.69) is 17.2 Å². The fourth-order valence-electron chi connectivity index (χ4n) is 2.33. The number of pyridine rings is 1. The lowest BCUT2D eigenvalue weighted by molar-refractivity contribution is -0.384. The number of hydrogen-bond donors (Lipinski definition) is 1. The second-order valence-electron chi connectivity index (χ2n) is 4.52. The zero-order chi connectivity index (χ0) is 13.8. The van der Waals surface area contributed by atoms with Crippen molar-refractivity contribution in [3.63, 3.8) is 0 Å². The van der Waals surface area contributed by atoms with E-state index in [-0.39, 0.29) is 10.8 Å². The Balaban J connectivity index is 2.01. The maximum absolute atomic E-state index is 10.8. The molecular formula is C12H16ClN3O2S. The first kappa shape index (κ1) is 14.4. The number of nitrogens with one attached hydrogen (secondary N) is 1. The molecule has 1 aliphatic rings. The molecule has 0 amide bonds. The normalized spacial score (nSPS) is 22.4. The summed E-state index contributed by atoms with van der Waals surface area (Å²) in [6.07, 6.45) is 3.32. The summed E-state index contributed by atoms with van der Waals surface area (Å²) in [5, 5.41) is 14.8. The van der Waals surface area contributed by atoms with Crippen molar-refractivity contribution in [3.8, 4) is 0 Å². The number of thioether (sulfide) groups is 1. The lowest BCUT2D eigenvalue weighted by Crippen LogP contribution is -2.17. The number of rotatable bonds is 5. The van der Waals surface area contributed by atoms with Crippen molar-refractivity contribution in [1.29, 1.82) is 0 Å². The summed E-state index contributed by atoms with van der Waals surface area (Å²) in [4.78, 5) is 14.4. The molecule has 1 fully saturated rings. The minimum Gasteiger partial charge on any atom is -0.367 e. The van der Waals surface area contributed by atoms with Gasteiger partial charge in [-0.3, -0.25) is 10.1 Å². The molecule has 0 aromatic carbocycles. The Morgan fingerprint density at radius 1 is 1.58 bits per heavy atom. The van der Waals surface area contributed by atoms with Gasteiger partial charge in [-0.1, -0.05) is 18.5 Å². The lowest BCUT2D eigenvalue weighted by Gasteiger charge is -2.13. The molecular weight excluding hydrogens is 286 g/mol. The maximum Gasteiger partial charge on any atom is 0.276 e. The van der Waals surface area contributed by atoms with Gasteiger partial charge in [-0.25, -0.2) is 4.98 Å². The molecule has 1 heterocycles. The Morgan fingerprint density at radius 3 is 3.05 bits per heavy atom. The topological polar surface area (TPSA) is 68.1 Å². The quantitative estimate of drug-likeness (QED) is 0.510. The SMILES string of the molecule is CCSC1CCC(Nc2cc([N+](=O)[O-])cc(Cl)n2)C1. The number of nitrogens with zero attached hydrogens (tertiary/aromatic N) is 2. The molecule has 1 aromatic rings. The monoisotopic (exact) mass is 301 g/mol. The summed E-state index contributed by atoms with van der Waals surface area (Å²) >= 11 is 7.77. The number of aromatic nitrogens is 1. The summed E-state index contributed by atoms with van der Waals surface area (Å²) in [5.41, 5.74) is -0.0278. The number of halogens is 1. The van der Waals surface area contributed by atoms with Crippen LogP contribution in [0.1, 0.15) is 26.2 Å². The van der Waals surface area contributed by atoms with Crippen LogP contribution < -0.4 is 5.32 Å². The van der Waals surface area contributed by atoms with Gasteiger partial charge in [0.05, 0.1) is 17.1 Å². The standard InChI is InChI=1S/C12H16ClN3O2S/c1-2-19-10-4-3-8(5-10)14-12-7-9(16(17)18)6-11(13)15-12/h6-8,10H,2-5H2,1H3,(H,14,15). The third kappa shape index (κ3) is 3.98. The van der Waals surface area contributed by atoms with Gasteiger partial charge in [0, 0.05) is 11.3 Å². The van der Waals surface area contributed by atoms with Gasteiger partial charge >= 0.3 is 0 Å². The van der Waals surface area contributed by atoms with E-state index in [9.17, 15) is 10.1 Å². The van der Waals surface area contributed by atoms with Crippen LogP contribution in [-0.4, -0.2) is 27.0 Å². The molecule has 0 spiro atoms. The Hall–Kier alpha value is -1.01. The highest BCUT2D eigenvalue weighted by atomic mass is 35.5. The van der Waals surface area contributed by atoms with Gasteiger partial charge in [0.15, 0.2) is 0 Å². The van der Waals surface area contributed by atoms with Crippen LogP contribution in [0, 0.1) is 10.1 Å². The van der Waals surface area contributed by atoms with Crippen LogP contribution in [0.4, 0.5) is 11.5 Å². The highest BCUT2D eigenvalue weighted by Crippen LogP contribution is 2.32. The van der Waals surface area contributed by atoms with E-state index in [4.69, 9.17) is 11.6 Å². The summed E-state index contributed by atoms with van der Waals surface area (Å²) in [6, 6.07) is 3.03. The van der Waals surface area contributed by atoms with Gasteiger partial charge in [-0.05, 0) is 25.0 Å². The van der Waals surface area contributed by atoms with Gasteiger partial charge in [-0.15, -0.1) is 0 Å². The molecule has 0 aliphatic heterocycles. The fraction of sp³-hybridized carbons (Fsp3) is 0.583. The molecule has 104 valence electrons. The molecule has 0 bridgehead atoms. The van der Waals surface area contributed by atoms with Gasteiger partial charge in [-0.2, -0.15) is 11.8 Å². The molecule has 1 N–H and O–H groups in total. The van der Waals surface area contributed by atoms with Crippen molar-refractivity contribution in [2.75, 3.05) is 11.1 Å². The lowest BCUT2D eigenvalue weighted by atomic mass is 10.2. The first-order valence-corrected chi connectivity index (χ1v) is 7.71. The average molecular weight is 302 g/mol. The molecule has 1 aromatic heterocycles. The maximum atomic E-state index is 10.8. The summed E-state index contributed by atoms with van der Waals surface area (Å²) < 4.78 is 0. The van der Waals surface area contributed by atoms with E-state index in [1.165, 1.54) is 18.6 Å². The Kier molecular flexibility index (Phi) is 4.87. The molecule has 2 unspecified atom stereocenters. The molecule has 19 heavy (non-hydrogen) atoms. The molecule has 0 saturated heterocycles. The number of anilines is 1. The number of nitro groups is 1. The molecule has 5 nitrogen and oxygen atoms in total. The molecule has 1 saturated carbocycles. The second-order valence-corrected chi connectivity index (χ2v) is 6.49. The molecule has 2 rings (SSSR count). The predicted octanol–water partition coefficient (Wildman–Crippen LogP) is 3.73. The Labute approximate surface area is 121 Å². The largest absolute Gasteiger partial charge is 0.367 e. The van der Waals surface area contributed by atoms with Crippen LogP contribution >= 0.6 is 23.4 Å². The number of hydrogen-bond acceptors (Lipinski definition) is 5. The minimum atomic E-state index is -0.455. The van der Waals surface area contributed by atoms with Crippen molar-refractivity contribution in [2.45, 2.75) is 37.5 Å². The van der Waals surface area contributed by atoms with Gasteiger partial charge in [0.25, 0.3) is 5.69 Å². The Morgan fingerprint density at radius 2 is 2.37 bits per heavy atom. The van der Waals surface area contributed by atoms with Crippen molar-refractivity contribution < 1.29 is 4.92 Å². The van der Waals surface area contributed by atoms with Gasteiger partial charge < -0.3 is 5.32 Å². The third-order valence-corrected chi connectivity index (χ3v) is 4.56. The van der Waals surface area contributed by atoms with Crippen LogP contribution in [0.5, 0.6) is 0 Å². The fourth-order valence-corrected chi connectivity index (χ4v) is 3.68. The van der Waals surface area contributed by atoms with Crippen LogP contribution in [-0.2, 0) is 0 Å². The zero-order valence-corrected chi connectivity index (χ0v) is 12.2. The molecule has 2 atom stereocenters. The van der Waals surface area contributed by atoms with E-state index in [1.54, 1.807) is 0 Å². The van der Waals surface area contributed by atoms with E-state index in [0.717, 1.165) is 18.6 Å². The third-order valence-electron chi connectivity index (χ3n) is 3.13. The van der Waals surface area contributed by atoms with Crippen LogP contribution in [0.25, 0.3) is 0 Å². The van der Waals surface area contributed by atoms with Crippen molar-refractivity contribution in [3.05, 3.63) is 27.4 Å². The summed E-state index contributed by atoms with van der Waals surface area (Å²) in [6.45, 7) is 2.16. The van der Waals surface area contributed by atoms with E-state index >= 15 is 0 Å². The summed E-state index contributed by atoms with van der Waals surface area (Å²) in [7, 11) is 0. The van der Waals surface area contributed by atoms with Crippen LogP contribution in [0.2, 0.25) is 5.15 Å². The first-order chi connectivity index (χ1) is 9.08. The minimum absolute atomic E-state index is 0.0278. The summed E-state index contributed by atoms with van der Waals surface area (Å²) in [5.74, 6) is 1.62. The highest BCUT2D eigenvalue weighted by Gasteiger charge is 2.25. The Bertz CT molecular complexity index is 472. The van der Waals surface area contributed by atoms with E-state index < -0.39 is 4.92 Å². The first-order valence-electron chi connectivity index (χ1n) is 6.28.